The molecule has 0 aliphatic rings. The van der Waals surface area contributed by atoms with Crippen molar-refractivity contribution in [2.24, 2.45) is 0 Å². The number of oxazole rings is 1. The lowest BCUT2D eigenvalue weighted by Crippen LogP contribution is -2.21. The number of hydrogen-bond acceptors (Lipinski definition) is 18. The molecule has 0 saturated carbocycles. The van der Waals surface area contributed by atoms with E-state index in [9.17, 15) is 24.6 Å². The van der Waals surface area contributed by atoms with Gasteiger partial charge in [0, 0.05) is 90.5 Å². The van der Waals surface area contributed by atoms with Crippen LogP contribution < -0.4 is 38.2 Å². The van der Waals surface area contributed by atoms with E-state index in [2.05, 4.69) is 114 Å². The van der Waals surface area contributed by atoms with E-state index >= 15 is 0 Å². The van der Waals surface area contributed by atoms with Crippen LogP contribution in [-0.4, -0.2) is 97.7 Å². The fourth-order valence-corrected chi connectivity index (χ4v) is 13.0. The maximum absolute atomic E-state index is 12.3. The Hall–Kier alpha value is -8.42. The number of benzene rings is 5. The minimum Gasteiger partial charge on any atom is -0.507 e. The van der Waals surface area contributed by atoms with Gasteiger partial charge in [0.25, 0.3) is 0 Å². The van der Waals surface area contributed by atoms with E-state index in [1.807, 2.05) is 12.1 Å². The smallest absolute Gasteiger partial charge is 0.336 e. The molecule has 0 aliphatic heterocycles. The number of carbonyl (C=O) groups excluding carboxylic acids is 2. The number of aryl methyl sites for hydroxylation is 5. The van der Waals surface area contributed by atoms with Crippen LogP contribution in [0.2, 0.25) is 0 Å². The van der Waals surface area contributed by atoms with E-state index in [0.717, 1.165) is 151 Å². The highest BCUT2D eigenvalue weighted by Crippen LogP contribution is 2.47. The van der Waals surface area contributed by atoms with E-state index in [4.69, 9.17) is 47.8 Å². The second-order valence-corrected chi connectivity index (χ2v) is 24.4. The lowest BCUT2D eigenvalue weighted by molar-refractivity contribution is -0.133. The van der Waals surface area contributed by atoms with Crippen LogP contribution in [0.25, 0.3) is 54.3 Å². The number of nitrogens with zero attached hydrogens (tertiary/aromatic N) is 5. The van der Waals surface area contributed by atoms with Gasteiger partial charge in [0.1, 0.15) is 21.5 Å². The Morgan fingerprint density at radius 2 is 0.978 bits per heavy atom. The largest absolute Gasteiger partial charge is 0.507 e. The summed E-state index contributed by atoms with van der Waals surface area (Å²) in [5, 5.41) is 22.1. The fourth-order valence-electron chi connectivity index (χ4n) is 10.7. The summed E-state index contributed by atoms with van der Waals surface area (Å²) in [5.74, 6) is 1.78. The Bertz CT molecular complexity index is 3430. The zero-order chi connectivity index (χ0) is 67.9. The van der Waals surface area contributed by atoms with Crippen molar-refractivity contribution in [3.63, 3.8) is 0 Å². The van der Waals surface area contributed by atoms with Gasteiger partial charge in [-0.05, 0) is 152 Å². The molecule has 0 radical (unpaired) electrons. The number of methoxy groups -OCH3 is 4. The Kier molecular flexibility index (Phi) is 28.6. The molecule has 0 fully saturated rings. The quantitative estimate of drug-likeness (QED) is 0.0317. The normalized spacial score (nSPS) is 10.8. The molecule has 0 aliphatic carbocycles. The number of phenols is 1. The first-order valence-electron chi connectivity index (χ1n) is 32.5. The predicted molar refractivity (Wildman–Crippen MR) is 376 cm³/mol. The molecular formula is C74H95N5O12S2. The van der Waals surface area contributed by atoms with Gasteiger partial charge in [-0.3, -0.25) is 9.59 Å². The number of aromatic carboxylic acids is 1. The van der Waals surface area contributed by atoms with Gasteiger partial charge in [0.05, 0.1) is 56.0 Å². The van der Waals surface area contributed by atoms with Crippen molar-refractivity contribution in [3.05, 3.63) is 118 Å². The maximum atomic E-state index is 12.3. The minimum absolute atomic E-state index is 0.00661. The third kappa shape index (κ3) is 18.9. The van der Waals surface area contributed by atoms with Crippen LogP contribution in [-0.2, 0) is 35.3 Å². The average molecular weight is 1310 g/mol. The minimum atomic E-state index is -1.08. The number of carbonyl (C=O) groups is 3. The van der Waals surface area contributed by atoms with Gasteiger partial charge < -0.3 is 52.9 Å². The molecule has 93 heavy (non-hydrogen) atoms. The highest BCUT2D eigenvalue weighted by Gasteiger charge is 2.26. The number of carboxylic acids is 1. The van der Waals surface area contributed by atoms with Gasteiger partial charge >= 0.3 is 17.9 Å². The molecule has 0 atom stereocenters. The number of esters is 2. The van der Waals surface area contributed by atoms with E-state index in [1.54, 1.807) is 57.6 Å². The number of thiazole rings is 2. The molecule has 17 nitrogen and oxygen atoms in total. The number of aromatic hydroxyl groups is 1. The summed E-state index contributed by atoms with van der Waals surface area (Å²) in [6.45, 7) is 27.1. The number of carboxylic acid groups (broad SMARTS) is 1. The summed E-state index contributed by atoms with van der Waals surface area (Å²) >= 11 is 3.21. The van der Waals surface area contributed by atoms with Crippen molar-refractivity contribution in [1.82, 2.24) is 15.0 Å². The van der Waals surface area contributed by atoms with Crippen LogP contribution in [0.4, 0.5) is 11.4 Å². The molecule has 2 N–H and O–H groups in total. The molecule has 3 heterocycles. The summed E-state index contributed by atoms with van der Waals surface area (Å²) in [6.07, 6.45) is 12.8. The monoisotopic (exact) mass is 1310 g/mol. The van der Waals surface area contributed by atoms with E-state index in [1.165, 1.54) is 62.8 Å². The molecule has 19 heteroatoms. The lowest BCUT2D eigenvalue weighted by atomic mass is 9.97. The van der Waals surface area contributed by atoms with Gasteiger partial charge in [-0.1, -0.05) is 77.6 Å². The van der Waals surface area contributed by atoms with Gasteiger partial charge in [0.2, 0.25) is 17.4 Å². The third-order valence-electron chi connectivity index (χ3n) is 15.8. The zero-order valence-corrected chi connectivity index (χ0v) is 59.0. The molecule has 0 bridgehead atoms. The van der Waals surface area contributed by atoms with E-state index in [-0.39, 0.29) is 17.1 Å². The summed E-state index contributed by atoms with van der Waals surface area (Å²) in [4.78, 5) is 56.7. The predicted octanol–water partition coefficient (Wildman–Crippen LogP) is 18.3. The first-order valence-corrected chi connectivity index (χ1v) is 34.1. The lowest BCUT2D eigenvalue weighted by Gasteiger charge is -2.21. The van der Waals surface area contributed by atoms with Crippen LogP contribution in [0.5, 0.6) is 40.2 Å². The van der Waals surface area contributed by atoms with Gasteiger partial charge in [-0.2, -0.15) is 0 Å². The summed E-state index contributed by atoms with van der Waals surface area (Å²) < 4.78 is 38.3. The molecule has 8 aromatic rings. The topological polar surface area (TPSA) is 205 Å². The number of anilines is 2. The molecule has 0 unspecified atom stereocenters. The van der Waals surface area contributed by atoms with Gasteiger partial charge in [-0.15, -0.1) is 22.7 Å². The summed E-state index contributed by atoms with van der Waals surface area (Å²) in [6, 6.07) is 25.8. The SMILES string of the molecule is CCCCc1nc(-c2cc(OC)c(OC(C)=O)c(OC)c2)oc1CCCC.CCCCc1nc(-c2cc(OC)c(OC(C)=O)c(OC)c2)sc1CCCC.CCN(CC)c1ccc(-c2nc(-c3cc(C)c(O)c(C)c3C(=O)O)sc2-c2ccc(N(CC)CC)cc2)cc1. The first-order chi connectivity index (χ1) is 44.8. The van der Waals surface area contributed by atoms with Crippen molar-refractivity contribution in [2.45, 2.75) is 160 Å². The first kappa shape index (κ1) is 73.6. The van der Waals surface area contributed by atoms with Crippen LogP contribution >= 0.6 is 22.7 Å². The summed E-state index contributed by atoms with van der Waals surface area (Å²) in [5.41, 5.74) is 10.6. The number of hydrogen-bond donors (Lipinski definition) is 2. The number of ether oxygens (including phenoxy) is 6. The molecule has 0 spiro atoms. The van der Waals surface area contributed by atoms with Crippen molar-refractivity contribution in [3.8, 4) is 94.5 Å². The van der Waals surface area contributed by atoms with E-state index < -0.39 is 17.9 Å². The third-order valence-corrected chi connectivity index (χ3v) is 18.2. The average Bonchev–Trinajstić information content (AvgIpc) is 1.70. The van der Waals surface area contributed by atoms with Crippen LogP contribution in [0.15, 0.2) is 83.3 Å². The van der Waals surface area contributed by atoms with Crippen molar-refractivity contribution >= 4 is 52.0 Å². The molecule has 8 rings (SSSR count). The van der Waals surface area contributed by atoms with Crippen LogP contribution in [0.3, 0.4) is 0 Å². The van der Waals surface area contributed by atoms with Gasteiger partial charge in [0.15, 0.2) is 23.0 Å². The summed E-state index contributed by atoms with van der Waals surface area (Å²) in [7, 11) is 6.13. The molecule has 5 aromatic carbocycles. The maximum Gasteiger partial charge on any atom is 0.336 e. The molecule has 0 amide bonds. The molecule has 500 valence electrons. The van der Waals surface area contributed by atoms with Crippen molar-refractivity contribution in [2.75, 3.05) is 64.4 Å². The molecular weight excluding hydrogens is 1210 g/mol. The zero-order valence-electron chi connectivity index (χ0n) is 57.3. The standard InChI is InChI=1S/C32H37N3O3S.C21H29NO5.C21H29NO4S/c1-7-34(8-2)24-15-11-22(12-16-24)28-30(23-13-17-25(18-14-23)35(9-3)10-4)39-31(33-28)26-19-20(5)29(36)21(6)27(26)32(37)38;1-6-8-10-16-17(11-9-7-2)27-21(22-16)15-12-18(24-4)20(26-14(3)23)19(13-15)25-5;1-6-8-10-16-19(11-9-7-2)27-21(22-16)15-12-17(24-4)20(26-14(3)23)18(13-15)25-5/h11-19,36H,7-10H2,1-6H3,(H,37,38);2*12-13H,6-11H2,1-5H3. The number of unbranched alkanes of at least 4 members (excludes halogenated alkanes) is 4. The Balaban J connectivity index is 0.000000228. The highest BCUT2D eigenvalue weighted by atomic mass is 32.1. The number of rotatable bonds is 30. The Morgan fingerprint density at radius 3 is 1.43 bits per heavy atom. The molecule has 0 saturated heterocycles. The van der Waals surface area contributed by atoms with E-state index in [0.29, 0.717) is 56.3 Å². The second kappa shape index (κ2) is 36.1. The van der Waals surface area contributed by atoms with Crippen molar-refractivity contribution in [1.29, 1.82) is 0 Å². The fraction of sp³-hybridized carbons (Fsp3) is 0.432. The Labute approximate surface area is 558 Å². The highest BCUT2D eigenvalue weighted by molar-refractivity contribution is 7.19. The van der Waals surface area contributed by atoms with Crippen LogP contribution in [0.1, 0.15) is 164 Å². The van der Waals surface area contributed by atoms with Crippen molar-refractivity contribution < 1.29 is 57.4 Å². The second-order valence-electron chi connectivity index (χ2n) is 22.3. The number of aromatic nitrogens is 3. The molecule has 3 aromatic heterocycles. The van der Waals surface area contributed by atoms with Crippen LogP contribution in [0, 0.1) is 13.8 Å². The number of phenolic OH excluding ortho intramolecular Hbond substituents is 1. The Morgan fingerprint density at radius 1 is 0.527 bits per heavy atom. The van der Waals surface area contributed by atoms with Gasteiger partial charge in [-0.25, -0.2) is 19.7 Å².